The van der Waals surface area contributed by atoms with Crippen molar-refractivity contribution in [2.45, 2.75) is 0 Å². The number of amides is 1. The Morgan fingerprint density at radius 2 is 1.71 bits per heavy atom. The van der Waals surface area contributed by atoms with Gasteiger partial charge in [0.1, 0.15) is 17.2 Å². The molecule has 0 aliphatic heterocycles. The van der Waals surface area contributed by atoms with Crippen LogP contribution in [-0.2, 0) is 0 Å². The van der Waals surface area contributed by atoms with Crippen LogP contribution in [0.15, 0.2) is 94.0 Å². The van der Waals surface area contributed by atoms with E-state index in [4.69, 9.17) is 9.15 Å². The standard InChI is InChI=1S/C27H20N2O4S/c1-32-20-12-10-17(11-13-20)21-8-5-9-22(24(21)30)26-28-23(19-14-15-34-16-19)27(33-26)29-25(31)18-6-3-2-4-7-18/h2-16,30H,1H3,(H,29,31). The van der Waals surface area contributed by atoms with Crippen LogP contribution >= 0.6 is 11.3 Å². The van der Waals surface area contributed by atoms with E-state index in [9.17, 15) is 9.90 Å². The van der Waals surface area contributed by atoms with Gasteiger partial charge in [-0.2, -0.15) is 11.3 Å². The highest BCUT2D eigenvalue weighted by Crippen LogP contribution is 2.41. The average molecular weight is 469 g/mol. The summed E-state index contributed by atoms with van der Waals surface area (Å²) in [6.07, 6.45) is 0. The fourth-order valence-corrected chi connectivity index (χ4v) is 4.24. The van der Waals surface area contributed by atoms with Gasteiger partial charge in [-0.05, 0) is 47.3 Å². The lowest BCUT2D eigenvalue weighted by molar-refractivity contribution is 0.102. The lowest BCUT2D eigenvalue weighted by atomic mass is 10.0. The Bertz CT molecular complexity index is 1430. The molecule has 0 aliphatic rings. The zero-order valence-corrected chi connectivity index (χ0v) is 19.0. The van der Waals surface area contributed by atoms with Crippen LogP contribution in [-0.4, -0.2) is 23.1 Å². The Morgan fingerprint density at radius 3 is 2.41 bits per heavy atom. The molecule has 0 unspecified atom stereocenters. The number of carbonyl (C=O) groups is 1. The Balaban J connectivity index is 1.55. The first-order chi connectivity index (χ1) is 16.6. The van der Waals surface area contributed by atoms with Gasteiger partial charge >= 0.3 is 0 Å². The second-order valence-corrected chi connectivity index (χ2v) is 8.24. The van der Waals surface area contributed by atoms with Crippen molar-refractivity contribution < 1.29 is 19.1 Å². The molecule has 0 saturated heterocycles. The topological polar surface area (TPSA) is 84.6 Å². The van der Waals surface area contributed by atoms with Crippen LogP contribution in [0.5, 0.6) is 11.5 Å². The van der Waals surface area contributed by atoms with Gasteiger partial charge < -0.3 is 14.3 Å². The van der Waals surface area contributed by atoms with Crippen molar-refractivity contribution in [1.29, 1.82) is 0 Å². The summed E-state index contributed by atoms with van der Waals surface area (Å²) in [5, 5.41) is 17.8. The number of anilines is 1. The molecule has 0 saturated carbocycles. The molecule has 2 N–H and O–H groups in total. The molecule has 0 atom stereocenters. The Labute approximate surface area is 200 Å². The molecule has 0 fully saturated rings. The van der Waals surface area contributed by atoms with Crippen molar-refractivity contribution in [3.05, 3.63) is 95.2 Å². The molecular formula is C27H20N2O4S. The first kappa shape index (κ1) is 21.5. The maximum Gasteiger partial charge on any atom is 0.258 e. The molecule has 0 aliphatic carbocycles. The van der Waals surface area contributed by atoms with Crippen LogP contribution in [0.1, 0.15) is 10.4 Å². The minimum Gasteiger partial charge on any atom is -0.506 e. The molecule has 6 nitrogen and oxygen atoms in total. The molecule has 1 amide bonds. The molecule has 168 valence electrons. The number of aromatic nitrogens is 1. The van der Waals surface area contributed by atoms with Crippen LogP contribution in [0.25, 0.3) is 33.8 Å². The van der Waals surface area contributed by atoms with E-state index in [1.807, 2.05) is 59.3 Å². The van der Waals surface area contributed by atoms with Crippen molar-refractivity contribution in [2.24, 2.45) is 0 Å². The fourth-order valence-electron chi connectivity index (χ4n) is 3.60. The molecule has 5 rings (SSSR count). The third kappa shape index (κ3) is 4.16. The molecule has 3 aromatic carbocycles. The number of hydrogen-bond donors (Lipinski definition) is 2. The maximum atomic E-state index is 12.8. The van der Waals surface area contributed by atoms with Crippen LogP contribution in [0, 0.1) is 0 Å². The molecule has 5 aromatic rings. The number of benzene rings is 3. The summed E-state index contributed by atoms with van der Waals surface area (Å²) in [6.45, 7) is 0. The SMILES string of the molecule is COc1ccc(-c2cccc(-c3nc(-c4ccsc4)c(NC(=O)c4ccccc4)o3)c2O)cc1. The van der Waals surface area contributed by atoms with E-state index in [-0.39, 0.29) is 23.4 Å². The van der Waals surface area contributed by atoms with Crippen molar-refractivity contribution in [2.75, 3.05) is 12.4 Å². The van der Waals surface area contributed by atoms with Crippen molar-refractivity contribution in [3.8, 4) is 45.3 Å². The van der Waals surface area contributed by atoms with Gasteiger partial charge in [-0.15, -0.1) is 0 Å². The number of nitrogens with one attached hydrogen (secondary N) is 1. The van der Waals surface area contributed by atoms with Gasteiger partial charge in [0, 0.05) is 22.1 Å². The molecule has 0 radical (unpaired) electrons. The van der Waals surface area contributed by atoms with Crippen molar-refractivity contribution in [3.63, 3.8) is 0 Å². The summed E-state index contributed by atoms with van der Waals surface area (Å²) in [5.41, 5.74) is 3.68. The highest BCUT2D eigenvalue weighted by molar-refractivity contribution is 7.08. The van der Waals surface area contributed by atoms with E-state index in [2.05, 4.69) is 10.3 Å². The number of para-hydroxylation sites is 1. The van der Waals surface area contributed by atoms with E-state index in [1.54, 1.807) is 37.4 Å². The monoisotopic (exact) mass is 468 g/mol. The van der Waals surface area contributed by atoms with Gasteiger partial charge in [-0.25, -0.2) is 4.98 Å². The number of oxazole rings is 1. The van der Waals surface area contributed by atoms with Gasteiger partial charge in [0.15, 0.2) is 0 Å². The third-order valence-corrected chi connectivity index (χ3v) is 6.04. The maximum absolute atomic E-state index is 12.8. The summed E-state index contributed by atoms with van der Waals surface area (Å²) in [5.74, 6) is 0.878. The predicted molar refractivity (Wildman–Crippen MR) is 133 cm³/mol. The summed E-state index contributed by atoms with van der Waals surface area (Å²) in [4.78, 5) is 17.4. The zero-order chi connectivity index (χ0) is 23.5. The normalized spacial score (nSPS) is 10.7. The van der Waals surface area contributed by atoms with Gasteiger partial charge in [-0.1, -0.05) is 42.5 Å². The number of methoxy groups -OCH3 is 1. The Kier molecular flexibility index (Phi) is 5.84. The van der Waals surface area contributed by atoms with Crippen LogP contribution in [0.4, 0.5) is 5.88 Å². The van der Waals surface area contributed by atoms with Gasteiger partial charge in [0.05, 0.1) is 12.7 Å². The lowest BCUT2D eigenvalue weighted by Gasteiger charge is -2.09. The molecular weight excluding hydrogens is 448 g/mol. The number of hydrogen-bond acceptors (Lipinski definition) is 6. The second-order valence-electron chi connectivity index (χ2n) is 7.46. The highest BCUT2D eigenvalue weighted by atomic mass is 32.1. The highest BCUT2D eigenvalue weighted by Gasteiger charge is 2.22. The van der Waals surface area contributed by atoms with Crippen molar-refractivity contribution >= 4 is 23.1 Å². The summed E-state index contributed by atoms with van der Waals surface area (Å²) in [7, 11) is 1.61. The van der Waals surface area contributed by atoms with Gasteiger partial charge in [0.25, 0.3) is 5.91 Å². The van der Waals surface area contributed by atoms with Crippen LogP contribution < -0.4 is 10.1 Å². The first-order valence-electron chi connectivity index (χ1n) is 10.5. The zero-order valence-electron chi connectivity index (χ0n) is 18.2. The first-order valence-corrected chi connectivity index (χ1v) is 11.4. The summed E-state index contributed by atoms with van der Waals surface area (Å²) < 4.78 is 11.2. The van der Waals surface area contributed by atoms with E-state index >= 15 is 0 Å². The molecule has 2 heterocycles. The molecule has 2 aromatic heterocycles. The van der Waals surface area contributed by atoms with Gasteiger partial charge in [-0.3, -0.25) is 10.1 Å². The number of aromatic hydroxyl groups is 1. The Morgan fingerprint density at radius 1 is 0.941 bits per heavy atom. The van der Waals surface area contributed by atoms with E-state index in [0.717, 1.165) is 16.9 Å². The number of phenolic OH excluding ortho intramolecular Hbond substituents is 1. The number of rotatable bonds is 6. The molecule has 0 spiro atoms. The number of carbonyl (C=O) groups excluding carboxylic acids is 1. The van der Waals surface area contributed by atoms with Crippen LogP contribution in [0.3, 0.4) is 0 Å². The summed E-state index contributed by atoms with van der Waals surface area (Å²) in [6, 6.07) is 23.6. The summed E-state index contributed by atoms with van der Waals surface area (Å²) >= 11 is 1.52. The quantitative estimate of drug-likeness (QED) is 0.290. The minimum absolute atomic E-state index is 0.0340. The number of ether oxygens (including phenoxy) is 1. The molecule has 7 heteroatoms. The smallest absolute Gasteiger partial charge is 0.258 e. The van der Waals surface area contributed by atoms with E-state index in [0.29, 0.717) is 22.4 Å². The average Bonchev–Trinajstić information content (AvgIpc) is 3.55. The van der Waals surface area contributed by atoms with Crippen LogP contribution in [0.2, 0.25) is 0 Å². The Hall–Kier alpha value is -4.36. The largest absolute Gasteiger partial charge is 0.506 e. The minimum atomic E-state index is -0.309. The third-order valence-electron chi connectivity index (χ3n) is 5.35. The van der Waals surface area contributed by atoms with Crippen molar-refractivity contribution in [1.82, 2.24) is 4.98 Å². The van der Waals surface area contributed by atoms with E-state index in [1.165, 1.54) is 11.3 Å². The number of nitrogens with zero attached hydrogens (tertiary/aromatic N) is 1. The lowest BCUT2D eigenvalue weighted by Crippen LogP contribution is -2.11. The predicted octanol–water partition coefficient (Wildman–Crippen LogP) is 6.70. The molecule has 34 heavy (non-hydrogen) atoms. The van der Waals surface area contributed by atoms with Gasteiger partial charge in [0.2, 0.25) is 11.8 Å². The van der Waals surface area contributed by atoms with E-state index < -0.39 is 0 Å². The number of phenols is 1. The number of thiophene rings is 1. The fraction of sp³-hybridized carbons (Fsp3) is 0.0370. The second kappa shape index (κ2) is 9.25. The molecule has 0 bridgehead atoms.